The Balaban J connectivity index is 5.19. The predicted octanol–water partition coefficient (Wildman–Crippen LogP) is 1.80. The maximum Gasteiger partial charge on any atom is 0.460 e. The molecule has 0 aliphatic carbocycles. The normalized spacial score (nSPS) is 14.5. The Morgan fingerprint density at radius 2 is 1.62 bits per heavy atom. The standard InChI is InChI=1S/C9H10F7NO3S/c1-2-20-5(18)4(3-21)17-6(19)7(10,11)8(12,13)9(14,15)16/h4,21H,2-3H2,1H3,(H,17,19). The molecule has 0 aromatic heterocycles. The summed E-state index contributed by atoms with van der Waals surface area (Å²) in [5, 5.41) is 1.05. The van der Waals surface area contributed by atoms with Gasteiger partial charge in [-0.3, -0.25) is 4.79 Å². The molecule has 1 N–H and O–H groups in total. The zero-order valence-corrected chi connectivity index (χ0v) is 11.2. The zero-order chi connectivity index (χ0) is 17.1. The van der Waals surface area contributed by atoms with Gasteiger partial charge in [-0.25, -0.2) is 4.79 Å². The molecule has 0 saturated heterocycles. The molecular formula is C9H10F7NO3S. The molecule has 1 unspecified atom stereocenters. The van der Waals surface area contributed by atoms with Crippen LogP contribution in [0.15, 0.2) is 0 Å². The van der Waals surface area contributed by atoms with Crippen molar-refractivity contribution in [1.82, 2.24) is 5.32 Å². The molecule has 12 heteroatoms. The number of carbonyl (C=O) groups excluding carboxylic acids is 2. The van der Waals surface area contributed by atoms with E-state index in [2.05, 4.69) is 17.4 Å². The average molecular weight is 345 g/mol. The number of ether oxygens (including phenoxy) is 1. The van der Waals surface area contributed by atoms with Crippen molar-refractivity contribution in [2.75, 3.05) is 12.4 Å². The van der Waals surface area contributed by atoms with Crippen LogP contribution < -0.4 is 5.32 Å². The first-order valence-corrected chi connectivity index (χ1v) is 5.87. The van der Waals surface area contributed by atoms with E-state index in [1.807, 2.05) is 0 Å². The molecule has 0 bridgehead atoms. The van der Waals surface area contributed by atoms with Gasteiger partial charge in [0, 0.05) is 5.75 Å². The molecule has 0 aromatic carbocycles. The molecule has 0 heterocycles. The van der Waals surface area contributed by atoms with E-state index in [9.17, 15) is 40.3 Å². The molecule has 4 nitrogen and oxygen atoms in total. The largest absolute Gasteiger partial charge is 0.464 e. The number of hydrogen-bond acceptors (Lipinski definition) is 4. The highest BCUT2D eigenvalue weighted by atomic mass is 32.1. The van der Waals surface area contributed by atoms with Crippen molar-refractivity contribution in [2.45, 2.75) is 31.0 Å². The molecule has 21 heavy (non-hydrogen) atoms. The first-order chi connectivity index (χ1) is 9.32. The summed E-state index contributed by atoms with van der Waals surface area (Å²) in [6.45, 7) is 1.09. The Labute approximate surface area is 119 Å². The number of carbonyl (C=O) groups is 2. The summed E-state index contributed by atoms with van der Waals surface area (Å²) < 4.78 is 91.1. The van der Waals surface area contributed by atoms with Crippen molar-refractivity contribution in [3.8, 4) is 0 Å². The van der Waals surface area contributed by atoms with E-state index in [0.29, 0.717) is 0 Å². The number of rotatable bonds is 6. The smallest absolute Gasteiger partial charge is 0.460 e. The second kappa shape index (κ2) is 6.71. The fraction of sp³-hybridized carbons (Fsp3) is 0.778. The zero-order valence-electron chi connectivity index (χ0n) is 10.3. The Bertz CT molecular complexity index is 399. The van der Waals surface area contributed by atoms with Gasteiger partial charge in [0.1, 0.15) is 6.04 Å². The van der Waals surface area contributed by atoms with Crippen molar-refractivity contribution >= 4 is 24.5 Å². The van der Waals surface area contributed by atoms with Crippen LogP contribution in [0.25, 0.3) is 0 Å². The molecule has 0 rings (SSSR count). The Kier molecular flexibility index (Phi) is 6.32. The molecule has 0 aliphatic rings. The van der Waals surface area contributed by atoms with Gasteiger partial charge < -0.3 is 10.1 Å². The van der Waals surface area contributed by atoms with Gasteiger partial charge in [-0.05, 0) is 6.92 Å². The highest BCUT2D eigenvalue weighted by molar-refractivity contribution is 7.80. The summed E-state index contributed by atoms with van der Waals surface area (Å²) in [6, 6.07) is -1.89. The fourth-order valence-electron chi connectivity index (χ4n) is 0.991. The highest BCUT2D eigenvalue weighted by Crippen LogP contribution is 2.46. The van der Waals surface area contributed by atoms with E-state index >= 15 is 0 Å². The Morgan fingerprint density at radius 1 is 1.14 bits per heavy atom. The summed E-state index contributed by atoms with van der Waals surface area (Å²) in [6.07, 6.45) is -6.64. The van der Waals surface area contributed by atoms with Crippen LogP contribution in [-0.4, -0.2) is 48.3 Å². The van der Waals surface area contributed by atoms with Crippen molar-refractivity contribution in [2.24, 2.45) is 0 Å². The second-order valence-corrected chi connectivity index (χ2v) is 3.97. The average Bonchev–Trinajstić information content (AvgIpc) is 2.33. The third kappa shape index (κ3) is 4.14. The minimum absolute atomic E-state index is 0.228. The predicted molar refractivity (Wildman–Crippen MR) is 58.4 cm³/mol. The third-order valence-electron chi connectivity index (χ3n) is 2.09. The van der Waals surface area contributed by atoms with Crippen LogP contribution in [0, 0.1) is 0 Å². The maximum absolute atomic E-state index is 13.0. The van der Waals surface area contributed by atoms with Gasteiger partial charge in [0.25, 0.3) is 5.91 Å². The van der Waals surface area contributed by atoms with Crippen molar-refractivity contribution in [3.63, 3.8) is 0 Å². The summed E-state index contributed by atoms with van der Waals surface area (Å²) in [4.78, 5) is 22.1. The molecule has 124 valence electrons. The Hall–Kier alpha value is -1.20. The summed E-state index contributed by atoms with van der Waals surface area (Å²) in [7, 11) is 0. The minimum Gasteiger partial charge on any atom is -0.464 e. The second-order valence-electron chi connectivity index (χ2n) is 3.61. The number of halogens is 7. The summed E-state index contributed by atoms with van der Waals surface area (Å²) >= 11 is 3.48. The van der Waals surface area contributed by atoms with Gasteiger partial charge in [-0.15, -0.1) is 0 Å². The SMILES string of the molecule is CCOC(=O)C(CS)NC(=O)C(F)(F)C(F)(F)C(F)(F)F. The van der Waals surface area contributed by atoms with Crippen LogP contribution in [0.2, 0.25) is 0 Å². The van der Waals surface area contributed by atoms with Crippen LogP contribution >= 0.6 is 12.6 Å². The van der Waals surface area contributed by atoms with Crippen LogP contribution in [0.3, 0.4) is 0 Å². The van der Waals surface area contributed by atoms with E-state index in [4.69, 9.17) is 0 Å². The van der Waals surface area contributed by atoms with E-state index in [1.54, 1.807) is 0 Å². The minimum atomic E-state index is -6.64. The van der Waals surface area contributed by atoms with Crippen molar-refractivity contribution in [3.05, 3.63) is 0 Å². The first-order valence-electron chi connectivity index (χ1n) is 5.23. The van der Waals surface area contributed by atoms with Gasteiger partial charge in [0.2, 0.25) is 0 Å². The number of esters is 1. The molecule has 0 radical (unpaired) electrons. The van der Waals surface area contributed by atoms with E-state index < -0.39 is 41.7 Å². The number of alkyl halides is 7. The van der Waals surface area contributed by atoms with Gasteiger partial charge in [0.05, 0.1) is 6.61 Å². The van der Waals surface area contributed by atoms with Crippen LogP contribution in [-0.2, 0) is 14.3 Å². The Morgan fingerprint density at radius 3 is 1.95 bits per heavy atom. The lowest BCUT2D eigenvalue weighted by atomic mass is 10.1. The first kappa shape index (κ1) is 19.8. The topological polar surface area (TPSA) is 55.4 Å². The van der Waals surface area contributed by atoms with Crippen LogP contribution in [0.1, 0.15) is 6.92 Å². The van der Waals surface area contributed by atoms with Crippen molar-refractivity contribution < 1.29 is 45.1 Å². The quantitative estimate of drug-likeness (QED) is 0.439. The van der Waals surface area contributed by atoms with E-state index in [0.717, 1.165) is 5.32 Å². The summed E-state index contributed by atoms with van der Waals surface area (Å²) in [5.74, 6) is -17.6. The molecule has 0 aliphatic heterocycles. The van der Waals surface area contributed by atoms with Crippen LogP contribution in [0.5, 0.6) is 0 Å². The molecule has 0 saturated carbocycles. The molecular weight excluding hydrogens is 335 g/mol. The van der Waals surface area contributed by atoms with Gasteiger partial charge in [-0.2, -0.15) is 43.4 Å². The van der Waals surface area contributed by atoms with E-state index in [1.165, 1.54) is 6.92 Å². The molecule has 1 amide bonds. The number of amides is 1. The van der Waals surface area contributed by atoms with Gasteiger partial charge >= 0.3 is 24.0 Å². The highest BCUT2D eigenvalue weighted by Gasteiger charge is 2.76. The van der Waals surface area contributed by atoms with Crippen LogP contribution in [0.4, 0.5) is 30.7 Å². The molecule has 0 fully saturated rings. The monoisotopic (exact) mass is 345 g/mol. The van der Waals surface area contributed by atoms with Crippen molar-refractivity contribution in [1.29, 1.82) is 0 Å². The molecule has 1 atom stereocenters. The lowest BCUT2D eigenvalue weighted by molar-refractivity contribution is -0.344. The lowest BCUT2D eigenvalue weighted by Gasteiger charge is -2.28. The molecule has 0 spiro atoms. The molecule has 0 aromatic rings. The lowest BCUT2D eigenvalue weighted by Crippen LogP contribution is -2.61. The number of thiol groups is 1. The number of nitrogens with one attached hydrogen (secondary N) is 1. The van der Waals surface area contributed by atoms with Gasteiger partial charge in [-0.1, -0.05) is 0 Å². The summed E-state index contributed by atoms with van der Waals surface area (Å²) in [5.41, 5.74) is 0. The number of hydrogen-bond donors (Lipinski definition) is 2. The fourth-order valence-corrected chi connectivity index (χ4v) is 1.23. The maximum atomic E-state index is 13.0. The van der Waals surface area contributed by atoms with E-state index in [-0.39, 0.29) is 6.61 Å². The third-order valence-corrected chi connectivity index (χ3v) is 2.46. The van der Waals surface area contributed by atoms with Gasteiger partial charge in [0.15, 0.2) is 0 Å².